The van der Waals surface area contributed by atoms with Gasteiger partial charge in [-0.05, 0) is 31.9 Å². The quantitative estimate of drug-likeness (QED) is 0.806. The van der Waals surface area contributed by atoms with Crippen LogP contribution in [-0.4, -0.2) is 34.9 Å². The molecule has 0 atom stereocenters. The maximum atomic E-state index is 12.4. The summed E-state index contributed by atoms with van der Waals surface area (Å²) >= 11 is 0. The molecule has 1 amide bonds. The molecule has 0 radical (unpaired) electrons. The van der Waals surface area contributed by atoms with E-state index in [4.69, 9.17) is 5.73 Å². The number of hydrogen-bond donors (Lipinski definition) is 1. The lowest BCUT2D eigenvalue weighted by Crippen LogP contribution is -2.33. The van der Waals surface area contributed by atoms with E-state index in [0.717, 1.165) is 12.8 Å². The zero-order chi connectivity index (χ0) is 13.0. The van der Waals surface area contributed by atoms with Crippen molar-refractivity contribution in [3.8, 4) is 11.8 Å². The summed E-state index contributed by atoms with van der Waals surface area (Å²) in [6.07, 6.45) is 3.81. The number of aromatic nitrogens is 1. The van der Waals surface area contributed by atoms with Gasteiger partial charge in [0.05, 0.1) is 12.1 Å². The third kappa shape index (κ3) is 2.69. The van der Waals surface area contributed by atoms with Crippen molar-refractivity contribution in [1.29, 1.82) is 0 Å². The molecule has 1 aromatic heterocycles. The molecule has 94 valence electrons. The minimum absolute atomic E-state index is 0.0260. The average molecular weight is 243 g/mol. The Balaban J connectivity index is 2.28. The molecule has 0 aliphatic heterocycles. The number of pyridine rings is 1. The number of hydrogen-bond acceptors (Lipinski definition) is 3. The number of amides is 1. The maximum absolute atomic E-state index is 12.4. The van der Waals surface area contributed by atoms with E-state index in [1.54, 1.807) is 12.3 Å². The number of carbonyl (C=O) groups excluding carboxylic acids is 1. The van der Waals surface area contributed by atoms with Crippen molar-refractivity contribution in [2.45, 2.75) is 25.8 Å². The highest BCUT2D eigenvalue weighted by Crippen LogP contribution is 2.28. The molecule has 4 nitrogen and oxygen atoms in total. The zero-order valence-electron chi connectivity index (χ0n) is 10.5. The lowest BCUT2D eigenvalue weighted by atomic mass is 10.1. The van der Waals surface area contributed by atoms with Gasteiger partial charge in [0.2, 0.25) is 0 Å². The molecule has 0 bridgehead atoms. The molecule has 4 heteroatoms. The van der Waals surface area contributed by atoms with Crippen LogP contribution in [0, 0.1) is 11.8 Å². The Labute approximate surface area is 107 Å². The topological polar surface area (TPSA) is 59.2 Å². The third-order valence-corrected chi connectivity index (χ3v) is 2.92. The van der Waals surface area contributed by atoms with Crippen molar-refractivity contribution < 1.29 is 4.79 Å². The first-order valence-electron chi connectivity index (χ1n) is 6.22. The third-order valence-electron chi connectivity index (χ3n) is 2.92. The Kier molecular flexibility index (Phi) is 3.96. The minimum Gasteiger partial charge on any atom is -0.335 e. The van der Waals surface area contributed by atoms with Crippen LogP contribution in [0.15, 0.2) is 18.3 Å². The fraction of sp³-hybridized carbons (Fsp3) is 0.429. The lowest BCUT2D eigenvalue weighted by Gasteiger charge is -2.20. The van der Waals surface area contributed by atoms with Gasteiger partial charge in [-0.2, -0.15) is 0 Å². The molecule has 0 aromatic carbocycles. The summed E-state index contributed by atoms with van der Waals surface area (Å²) in [7, 11) is 0. The Morgan fingerprint density at radius 1 is 1.61 bits per heavy atom. The summed E-state index contributed by atoms with van der Waals surface area (Å²) in [5, 5.41) is 0. The van der Waals surface area contributed by atoms with E-state index in [1.807, 2.05) is 17.9 Å². The van der Waals surface area contributed by atoms with E-state index in [-0.39, 0.29) is 12.5 Å². The smallest absolute Gasteiger partial charge is 0.273 e. The van der Waals surface area contributed by atoms with Gasteiger partial charge in [0.1, 0.15) is 5.69 Å². The molecular weight excluding hydrogens is 226 g/mol. The summed E-state index contributed by atoms with van der Waals surface area (Å²) < 4.78 is 0. The van der Waals surface area contributed by atoms with Crippen LogP contribution in [0.1, 0.15) is 35.8 Å². The van der Waals surface area contributed by atoms with Gasteiger partial charge in [0.25, 0.3) is 5.91 Å². The molecule has 1 fully saturated rings. The molecule has 1 aliphatic rings. The van der Waals surface area contributed by atoms with Gasteiger partial charge in [-0.25, -0.2) is 4.98 Å². The number of rotatable bonds is 3. The summed E-state index contributed by atoms with van der Waals surface area (Å²) in [5.74, 6) is 5.65. The van der Waals surface area contributed by atoms with E-state index in [1.165, 1.54) is 0 Å². The number of nitrogens with two attached hydrogens (primary N) is 1. The van der Waals surface area contributed by atoms with Gasteiger partial charge in [0, 0.05) is 18.8 Å². The Morgan fingerprint density at radius 3 is 3.00 bits per heavy atom. The molecule has 1 aliphatic carbocycles. The second kappa shape index (κ2) is 5.65. The van der Waals surface area contributed by atoms with Gasteiger partial charge in [0.15, 0.2) is 0 Å². The Bertz CT molecular complexity index is 497. The van der Waals surface area contributed by atoms with Crippen molar-refractivity contribution in [1.82, 2.24) is 9.88 Å². The van der Waals surface area contributed by atoms with Gasteiger partial charge in [-0.15, -0.1) is 0 Å². The zero-order valence-corrected chi connectivity index (χ0v) is 10.5. The first-order chi connectivity index (χ1) is 8.77. The van der Waals surface area contributed by atoms with Crippen LogP contribution >= 0.6 is 0 Å². The van der Waals surface area contributed by atoms with Crippen molar-refractivity contribution >= 4 is 5.91 Å². The van der Waals surface area contributed by atoms with Gasteiger partial charge in [-0.1, -0.05) is 11.8 Å². The first kappa shape index (κ1) is 12.6. The molecule has 0 spiro atoms. The fourth-order valence-corrected chi connectivity index (χ4v) is 1.91. The van der Waals surface area contributed by atoms with Crippen LogP contribution in [0.2, 0.25) is 0 Å². The molecule has 1 aromatic rings. The van der Waals surface area contributed by atoms with Crippen LogP contribution in [0.4, 0.5) is 0 Å². The van der Waals surface area contributed by atoms with Gasteiger partial charge >= 0.3 is 0 Å². The van der Waals surface area contributed by atoms with Crippen LogP contribution in [-0.2, 0) is 0 Å². The second-order valence-corrected chi connectivity index (χ2v) is 4.23. The van der Waals surface area contributed by atoms with Crippen LogP contribution in [0.5, 0.6) is 0 Å². The van der Waals surface area contributed by atoms with E-state index >= 15 is 0 Å². The van der Waals surface area contributed by atoms with Crippen LogP contribution in [0.3, 0.4) is 0 Å². The SMILES string of the molecule is CCN(C(=O)c1ncccc1C#CCN)C1CC1. The van der Waals surface area contributed by atoms with Crippen molar-refractivity contribution in [3.05, 3.63) is 29.6 Å². The molecular formula is C14H17N3O. The molecule has 2 rings (SSSR count). The second-order valence-electron chi connectivity index (χ2n) is 4.23. The molecule has 0 unspecified atom stereocenters. The molecule has 0 saturated heterocycles. The Morgan fingerprint density at radius 2 is 2.39 bits per heavy atom. The molecule has 1 heterocycles. The standard InChI is InChI=1S/C14H17N3O/c1-2-17(12-7-8-12)14(18)13-11(5-3-9-15)6-4-10-16-13/h4,6,10,12H,2,7-9,15H2,1H3. The van der Waals surface area contributed by atoms with E-state index in [2.05, 4.69) is 16.8 Å². The van der Waals surface area contributed by atoms with Crippen molar-refractivity contribution in [2.24, 2.45) is 5.73 Å². The Hall–Kier alpha value is -1.86. The largest absolute Gasteiger partial charge is 0.335 e. The summed E-state index contributed by atoms with van der Waals surface area (Å²) in [4.78, 5) is 18.5. The van der Waals surface area contributed by atoms with Crippen LogP contribution in [0.25, 0.3) is 0 Å². The van der Waals surface area contributed by atoms with E-state index < -0.39 is 0 Å². The molecule has 2 N–H and O–H groups in total. The van der Waals surface area contributed by atoms with E-state index in [9.17, 15) is 4.79 Å². The summed E-state index contributed by atoms with van der Waals surface area (Å²) in [6, 6.07) is 3.98. The molecule has 18 heavy (non-hydrogen) atoms. The fourth-order valence-electron chi connectivity index (χ4n) is 1.91. The van der Waals surface area contributed by atoms with Gasteiger partial charge < -0.3 is 10.6 Å². The predicted octanol–water partition coefficient (Wildman–Crippen LogP) is 1.02. The number of nitrogens with zero attached hydrogens (tertiary/aromatic N) is 2. The first-order valence-corrected chi connectivity index (χ1v) is 6.22. The van der Waals surface area contributed by atoms with E-state index in [0.29, 0.717) is 23.8 Å². The number of carbonyl (C=O) groups is 1. The van der Waals surface area contributed by atoms with Crippen LogP contribution < -0.4 is 5.73 Å². The summed E-state index contributed by atoms with van der Waals surface area (Å²) in [6.45, 7) is 2.98. The monoisotopic (exact) mass is 243 g/mol. The van der Waals surface area contributed by atoms with Crippen molar-refractivity contribution in [2.75, 3.05) is 13.1 Å². The lowest BCUT2D eigenvalue weighted by molar-refractivity contribution is 0.0746. The molecule has 1 saturated carbocycles. The predicted molar refractivity (Wildman–Crippen MR) is 69.9 cm³/mol. The minimum atomic E-state index is -0.0260. The highest BCUT2D eigenvalue weighted by atomic mass is 16.2. The summed E-state index contributed by atoms with van der Waals surface area (Å²) in [5.41, 5.74) is 6.45. The normalized spacial score (nSPS) is 13.7. The highest BCUT2D eigenvalue weighted by molar-refractivity contribution is 5.95. The highest BCUT2D eigenvalue weighted by Gasteiger charge is 2.33. The average Bonchev–Trinajstić information content (AvgIpc) is 3.22. The van der Waals surface area contributed by atoms with Crippen molar-refractivity contribution in [3.63, 3.8) is 0 Å². The maximum Gasteiger partial charge on any atom is 0.273 e. The van der Waals surface area contributed by atoms with Gasteiger partial charge in [-0.3, -0.25) is 4.79 Å².